The maximum atomic E-state index is 10.4. The summed E-state index contributed by atoms with van der Waals surface area (Å²) in [7, 11) is 1.70. The van der Waals surface area contributed by atoms with Crippen molar-refractivity contribution in [1.29, 1.82) is 0 Å². The van der Waals surface area contributed by atoms with Gasteiger partial charge in [-0.15, -0.1) is 0 Å². The van der Waals surface area contributed by atoms with Gasteiger partial charge in [0.25, 0.3) is 0 Å². The average Bonchev–Trinajstić information content (AvgIpc) is 2.91. The fourth-order valence-corrected chi connectivity index (χ4v) is 3.77. The maximum Gasteiger partial charge on any atom is 0.330 e. The van der Waals surface area contributed by atoms with Crippen LogP contribution in [0.3, 0.4) is 0 Å². The van der Waals surface area contributed by atoms with Crippen molar-refractivity contribution in [1.82, 2.24) is 15.0 Å². The Hall–Kier alpha value is -3.87. The number of hydrogen-bond donors (Lipinski definition) is 1. The second-order valence-electron chi connectivity index (χ2n) is 10.2. The van der Waals surface area contributed by atoms with Gasteiger partial charge in [0.05, 0.1) is 11.2 Å². The van der Waals surface area contributed by atoms with Crippen LogP contribution in [0.5, 0.6) is 0 Å². The Morgan fingerprint density at radius 2 is 1.08 bits per heavy atom. The minimum atomic E-state index is -0.975. The highest BCUT2D eigenvalue weighted by Crippen LogP contribution is 2.27. The maximum absolute atomic E-state index is 10.4. The van der Waals surface area contributed by atoms with Crippen molar-refractivity contribution in [3.8, 4) is 34.2 Å². The normalized spacial score (nSPS) is 12.0. The van der Waals surface area contributed by atoms with Crippen molar-refractivity contribution in [2.75, 3.05) is 0 Å². The molecule has 0 fully saturated rings. The van der Waals surface area contributed by atoms with Crippen LogP contribution in [0.4, 0.5) is 0 Å². The number of rotatable bonds is 7. The zero-order chi connectivity index (χ0) is 26.0. The Labute approximate surface area is 218 Å². The summed E-state index contributed by atoms with van der Waals surface area (Å²) in [5.74, 6) is 1.91. The fourth-order valence-electron chi connectivity index (χ4n) is 3.77. The molecule has 5 nitrogen and oxygen atoms in total. The molecule has 1 aromatic heterocycles. The molecule has 1 N–H and O–H groups in total. The number of aliphatic hydroxyl groups is 1. The van der Waals surface area contributed by atoms with Gasteiger partial charge in [-0.25, -0.2) is 15.0 Å². The van der Waals surface area contributed by atoms with Crippen LogP contribution in [0, 0.1) is 0 Å². The van der Waals surface area contributed by atoms with Crippen molar-refractivity contribution < 1.29 is 9.76 Å². The lowest BCUT2D eigenvalue weighted by molar-refractivity contribution is -0.0893. The van der Waals surface area contributed by atoms with Gasteiger partial charge >= 0.3 is 7.48 Å². The van der Waals surface area contributed by atoms with Gasteiger partial charge < -0.3 is 9.76 Å². The smallest absolute Gasteiger partial charge is 0.330 e. The molecule has 5 rings (SSSR count). The second-order valence-corrected chi connectivity index (χ2v) is 10.2. The van der Waals surface area contributed by atoms with Crippen LogP contribution in [0.25, 0.3) is 44.9 Å². The van der Waals surface area contributed by atoms with E-state index >= 15 is 0 Å². The lowest BCUT2D eigenvalue weighted by Gasteiger charge is -2.37. The van der Waals surface area contributed by atoms with Gasteiger partial charge in [-0.1, -0.05) is 96.5 Å². The van der Waals surface area contributed by atoms with Gasteiger partial charge in [0.1, 0.15) is 0 Å². The number of fused-ring (bicyclic) bond motifs is 1. The summed E-state index contributed by atoms with van der Waals surface area (Å²) in [6, 6.07) is 32.3. The van der Waals surface area contributed by atoms with Crippen LogP contribution >= 0.6 is 0 Å². The molecule has 37 heavy (non-hydrogen) atoms. The summed E-state index contributed by atoms with van der Waals surface area (Å²) < 4.78 is 5.93. The topological polar surface area (TPSA) is 68.1 Å². The standard InChI is InChI=1S/C31H29BN3O2/c1-30(2,36)31(3,4)37-32-26-18-17-23-19-25(16-15-24(23)20-26)29-34-27(21-11-7-5-8-12-21)33-28(35-29)22-13-9-6-10-14-22/h5-20,36H,1-4H3. The Balaban J connectivity index is 1.50. The molecule has 0 aliphatic carbocycles. The highest BCUT2D eigenvalue weighted by molar-refractivity contribution is 6.47. The molecular weight excluding hydrogens is 457 g/mol. The summed E-state index contributed by atoms with van der Waals surface area (Å²) in [5, 5.41) is 12.5. The second kappa shape index (κ2) is 9.89. The largest absolute Gasteiger partial charge is 0.427 e. The molecule has 0 saturated heterocycles. The van der Waals surface area contributed by atoms with Gasteiger partial charge in [-0.2, -0.15) is 0 Å². The minimum absolute atomic E-state index is 0.625. The zero-order valence-corrected chi connectivity index (χ0v) is 21.5. The Kier molecular flexibility index (Phi) is 6.63. The van der Waals surface area contributed by atoms with E-state index in [2.05, 4.69) is 24.3 Å². The molecule has 5 aromatic rings. The molecule has 0 aliphatic rings. The fraction of sp³-hybridized carbons (Fsp3) is 0.194. The van der Waals surface area contributed by atoms with Crippen molar-refractivity contribution in [3.05, 3.63) is 97.1 Å². The van der Waals surface area contributed by atoms with E-state index < -0.39 is 11.2 Å². The SMILES string of the molecule is CC(C)(O)C(C)(C)O[B]c1ccc2cc(-c3nc(-c4ccccc4)nc(-c4ccccc4)n3)ccc2c1. The molecule has 1 radical (unpaired) electrons. The van der Waals surface area contributed by atoms with Crippen molar-refractivity contribution in [2.24, 2.45) is 0 Å². The van der Waals surface area contributed by atoms with Crippen LogP contribution in [-0.2, 0) is 4.65 Å². The molecule has 0 amide bonds. The van der Waals surface area contributed by atoms with Crippen LogP contribution in [-0.4, -0.2) is 38.7 Å². The minimum Gasteiger partial charge on any atom is -0.427 e. The van der Waals surface area contributed by atoms with Gasteiger partial charge in [-0.3, -0.25) is 0 Å². The zero-order valence-electron chi connectivity index (χ0n) is 21.5. The van der Waals surface area contributed by atoms with Crippen molar-refractivity contribution >= 4 is 23.7 Å². The third-order valence-electron chi connectivity index (χ3n) is 6.78. The third-order valence-corrected chi connectivity index (χ3v) is 6.78. The van der Waals surface area contributed by atoms with Crippen molar-refractivity contribution in [3.63, 3.8) is 0 Å². The molecule has 1 heterocycles. The molecule has 4 aromatic carbocycles. The molecule has 0 atom stereocenters. The molecule has 0 aliphatic heterocycles. The predicted octanol–water partition coefficient (Wildman–Crippen LogP) is 5.84. The molecule has 0 saturated carbocycles. The molecule has 0 spiro atoms. The molecule has 183 valence electrons. The molecular formula is C31H29BN3O2. The Morgan fingerprint density at radius 3 is 1.62 bits per heavy atom. The third kappa shape index (κ3) is 5.46. The average molecular weight is 486 g/mol. The Morgan fingerprint density at radius 1 is 0.595 bits per heavy atom. The lowest BCUT2D eigenvalue weighted by atomic mass is 9.82. The van der Waals surface area contributed by atoms with Crippen LogP contribution in [0.1, 0.15) is 27.7 Å². The molecule has 0 bridgehead atoms. The number of nitrogens with zero attached hydrogens (tertiary/aromatic N) is 3. The van der Waals surface area contributed by atoms with E-state index in [1.807, 2.05) is 86.6 Å². The monoisotopic (exact) mass is 486 g/mol. The van der Waals surface area contributed by atoms with Crippen LogP contribution < -0.4 is 5.46 Å². The highest BCUT2D eigenvalue weighted by Gasteiger charge is 2.35. The summed E-state index contributed by atoms with van der Waals surface area (Å²) in [6.45, 7) is 7.24. The number of aromatic nitrogens is 3. The molecule has 0 unspecified atom stereocenters. The summed E-state index contributed by atoms with van der Waals surface area (Å²) in [6.07, 6.45) is 0. The lowest BCUT2D eigenvalue weighted by Crippen LogP contribution is -2.49. The van der Waals surface area contributed by atoms with E-state index in [1.165, 1.54) is 0 Å². The summed E-state index contributed by atoms with van der Waals surface area (Å²) >= 11 is 0. The van der Waals surface area contributed by atoms with Gasteiger partial charge in [0.15, 0.2) is 17.5 Å². The summed E-state index contributed by atoms with van der Waals surface area (Å²) in [5.41, 5.74) is 2.03. The van der Waals surface area contributed by atoms with Gasteiger partial charge in [-0.05, 0) is 44.5 Å². The van der Waals surface area contributed by atoms with E-state index in [0.717, 1.165) is 32.9 Å². The summed E-state index contributed by atoms with van der Waals surface area (Å²) in [4.78, 5) is 14.4. The van der Waals surface area contributed by atoms with Crippen LogP contribution in [0.2, 0.25) is 0 Å². The predicted molar refractivity (Wildman–Crippen MR) is 150 cm³/mol. The van der Waals surface area contributed by atoms with Crippen molar-refractivity contribution in [2.45, 2.75) is 38.9 Å². The van der Waals surface area contributed by atoms with E-state index in [9.17, 15) is 5.11 Å². The first kappa shape index (κ1) is 24.8. The van der Waals surface area contributed by atoms with Crippen LogP contribution in [0.15, 0.2) is 97.1 Å². The van der Waals surface area contributed by atoms with Gasteiger partial charge in [0.2, 0.25) is 0 Å². The van der Waals surface area contributed by atoms with E-state index in [4.69, 9.17) is 19.6 Å². The highest BCUT2D eigenvalue weighted by atomic mass is 16.5. The molecule has 6 heteroatoms. The van der Waals surface area contributed by atoms with Gasteiger partial charge in [0, 0.05) is 16.7 Å². The number of hydrogen-bond acceptors (Lipinski definition) is 5. The quantitative estimate of drug-likeness (QED) is 0.293. The first-order valence-corrected chi connectivity index (χ1v) is 12.3. The van der Waals surface area contributed by atoms with E-state index in [-0.39, 0.29) is 0 Å². The van der Waals surface area contributed by atoms with E-state index in [1.54, 1.807) is 21.3 Å². The Bertz CT molecular complexity index is 1470. The first-order chi connectivity index (χ1) is 17.7. The van der Waals surface area contributed by atoms with E-state index in [0.29, 0.717) is 17.5 Å². The first-order valence-electron chi connectivity index (χ1n) is 12.3. The number of benzene rings is 4.